The highest BCUT2D eigenvalue weighted by molar-refractivity contribution is 7.97. The van der Waals surface area contributed by atoms with Gasteiger partial charge in [0, 0.05) is 0 Å². The third kappa shape index (κ3) is 4.72. The minimum atomic E-state index is -0.133. The van der Waals surface area contributed by atoms with Gasteiger partial charge in [-0.25, -0.2) is 0 Å². The summed E-state index contributed by atoms with van der Waals surface area (Å²) in [6.45, 7) is 4.40. The first kappa shape index (κ1) is 19.4. The van der Waals surface area contributed by atoms with Crippen molar-refractivity contribution in [1.82, 2.24) is 0 Å². The van der Waals surface area contributed by atoms with Gasteiger partial charge in [0.15, 0.2) is 14.7 Å². The minimum Gasteiger partial charge on any atom is -0.457 e. The molecule has 4 aromatic rings. The molecule has 0 atom stereocenters. The van der Waals surface area contributed by atoms with Crippen LogP contribution in [0.3, 0.4) is 0 Å². The summed E-state index contributed by atoms with van der Waals surface area (Å²) in [6.07, 6.45) is 0. The van der Waals surface area contributed by atoms with Crippen LogP contribution in [0.2, 0.25) is 0 Å². The number of benzene rings is 4. The Morgan fingerprint density at radius 2 is 0.931 bits per heavy atom. The van der Waals surface area contributed by atoms with Crippen LogP contribution in [0, 0.1) is 0 Å². The average Bonchev–Trinajstić information content (AvgIpc) is 2.77. The van der Waals surface area contributed by atoms with Crippen LogP contribution < -0.4 is 4.74 Å². The predicted molar refractivity (Wildman–Crippen MR) is 122 cm³/mol. The molecule has 0 fully saturated rings. The molecule has 1 nitrogen and oxygen atoms in total. The Morgan fingerprint density at radius 1 is 0.517 bits per heavy atom. The van der Waals surface area contributed by atoms with Crippen molar-refractivity contribution >= 4 is 10.9 Å². The van der Waals surface area contributed by atoms with E-state index in [1.165, 1.54) is 20.2 Å². The molecule has 0 N–H and O–H groups in total. The first-order chi connectivity index (χ1) is 14.2. The minimum absolute atomic E-state index is 0.133. The Labute approximate surface area is 176 Å². The van der Waals surface area contributed by atoms with Crippen LogP contribution in [0.4, 0.5) is 0 Å². The molecule has 0 aromatic heterocycles. The van der Waals surface area contributed by atoms with Crippen LogP contribution in [-0.4, -0.2) is 0 Å². The maximum Gasteiger partial charge on any atom is 0.166 e. The van der Waals surface area contributed by atoms with Gasteiger partial charge in [-0.2, -0.15) is 0 Å². The molecule has 0 spiro atoms. The number of rotatable bonds is 6. The molecular weight excluding hydrogens is 372 g/mol. The summed E-state index contributed by atoms with van der Waals surface area (Å²) < 4.78 is 6.06. The van der Waals surface area contributed by atoms with E-state index in [9.17, 15) is 0 Å². The van der Waals surface area contributed by atoms with Crippen LogP contribution in [0.5, 0.6) is 11.5 Å². The standard InChI is InChI=1S/C27H25OS/c1-21(2)22-13-15-23(16-14-22)28-24-17-19-27(20-18-24)29(25-9-5-3-6-10-25)26-11-7-4-8-12-26/h3-21H,1-2H3/q+1. The molecule has 144 valence electrons. The van der Waals surface area contributed by atoms with Crippen molar-refractivity contribution in [2.75, 3.05) is 0 Å². The quantitative estimate of drug-likeness (QED) is 0.303. The van der Waals surface area contributed by atoms with Gasteiger partial charge in [-0.15, -0.1) is 0 Å². The average molecular weight is 398 g/mol. The molecule has 0 amide bonds. The second-order valence-electron chi connectivity index (χ2n) is 7.23. The Balaban J connectivity index is 1.59. The number of hydrogen-bond acceptors (Lipinski definition) is 1. The van der Waals surface area contributed by atoms with Crippen LogP contribution in [-0.2, 0) is 10.9 Å². The number of hydrogen-bond donors (Lipinski definition) is 0. The zero-order valence-corrected chi connectivity index (χ0v) is 17.6. The van der Waals surface area contributed by atoms with Crippen molar-refractivity contribution < 1.29 is 4.74 Å². The van der Waals surface area contributed by atoms with Crippen molar-refractivity contribution in [3.63, 3.8) is 0 Å². The second kappa shape index (κ2) is 9.02. The van der Waals surface area contributed by atoms with E-state index in [0.717, 1.165) is 11.5 Å². The molecule has 0 heterocycles. The normalized spacial score (nSPS) is 11.0. The van der Waals surface area contributed by atoms with Gasteiger partial charge in [-0.05, 0) is 72.1 Å². The molecule has 2 heteroatoms. The van der Waals surface area contributed by atoms with E-state index in [2.05, 4.69) is 111 Å². The Hall–Kier alpha value is -2.97. The van der Waals surface area contributed by atoms with Crippen molar-refractivity contribution in [3.8, 4) is 11.5 Å². The van der Waals surface area contributed by atoms with Gasteiger partial charge in [-0.1, -0.05) is 62.4 Å². The first-order valence-corrected chi connectivity index (χ1v) is 11.2. The molecular formula is C27H25OS+. The van der Waals surface area contributed by atoms with Crippen molar-refractivity contribution in [1.29, 1.82) is 0 Å². The smallest absolute Gasteiger partial charge is 0.166 e. The number of ether oxygens (including phenoxy) is 1. The molecule has 0 saturated carbocycles. The molecule has 0 bridgehead atoms. The van der Waals surface area contributed by atoms with Crippen LogP contribution in [0.15, 0.2) is 124 Å². The summed E-state index contributed by atoms with van der Waals surface area (Å²) in [6, 6.07) is 38.2. The second-order valence-corrected chi connectivity index (χ2v) is 9.26. The van der Waals surface area contributed by atoms with Crippen molar-refractivity contribution in [2.24, 2.45) is 0 Å². The summed E-state index contributed by atoms with van der Waals surface area (Å²) >= 11 is 0. The largest absolute Gasteiger partial charge is 0.457 e. The van der Waals surface area contributed by atoms with E-state index in [-0.39, 0.29) is 10.9 Å². The lowest BCUT2D eigenvalue weighted by molar-refractivity contribution is 0.482. The molecule has 0 unspecified atom stereocenters. The molecule has 29 heavy (non-hydrogen) atoms. The Bertz CT molecular complexity index is 984. The van der Waals surface area contributed by atoms with Gasteiger partial charge in [-0.3, -0.25) is 0 Å². The zero-order chi connectivity index (χ0) is 20.1. The molecule has 0 saturated heterocycles. The van der Waals surface area contributed by atoms with Crippen LogP contribution in [0.25, 0.3) is 0 Å². The lowest BCUT2D eigenvalue weighted by Gasteiger charge is -2.10. The summed E-state index contributed by atoms with van der Waals surface area (Å²) in [4.78, 5) is 3.91. The summed E-state index contributed by atoms with van der Waals surface area (Å²) in [5.74, 6) is 2.25. The monoisotopic (exact) mass is 397 g/mol. The highest BCUT2D eigenvalue weighted by Crippen LogP contribution is 2.32. The fourth-order valence-electron chi connectivity index (χ4n) is 3.22. The van der Waals surface area contributed by atoms with Gasteiger partial charge in [0.05, 0.1) is 10.9 Å². The third-order valence-corrected chi connectivity index (χ3v) is 7.03. The maximum atomic E-state index is 6.06. The van der Waals surface area contributed by atoms with E-state index in [1.807, 2.05) is 12.1 Å². The van der Waals surface area contributed by atoms with E-state index in [1.54, 1.807) is 0 Å². The van der Waals surface area contributed by atoms with Crippen LogP contribution >= 0.6 is 0 Å². The lowest BCUT2D eigenvalue weighted by Crippen LogP contribution is -2.04. The predicted octanol–water partition coefficient (Wildman–Crippen LogP) is 7.70. The van der Waals surface area contributed by atoms with Crippen molar-refractivity contribution in [3.05, 3.63) is 115 Å². The van der Waals surface area contributed by atoms with Crippen LogP contribution in [0.1, 0.15) is 25.3 Å². The topological polar surface area (TPSA) is 9.23 Å². The zero-order valence-electron chi connectivity index (χ0n) is 16.8. The fraction of sp³-hybridized carbons (Fsp3) is 0.111. The lowest BCUT2D eigenvalue weighted by atomic mass is 10.0. The van der Waals surface area contributed by atoms with E-state index in [0.29, 0.717) is 5.92 Å². The van der Waals surface area contributed by atoms with Gasteiger partial charge in [0.25, 0.3) is 0 Å². The van der Waals surface area contributed by atoms with Gasteiger partial charge >= 0.3 is 0 Å². The SMILES string of the molecule is CC(C)c1ccc(Oc2ccc([S+](c3ccccc3)c3ccccc3)cc2)cc1. The molecule has 0 radical (unpaired) electrons. The molecule has 0 aliphatic carbocycles. The van der Waals surface area contributed by atoms with Gasteiger partial charge < -0.3 is 4.74 Å². The Morgan fingerprint density at radius 3 is 1.38 bits per heavy atom. The molecule has 4 rings (SSSR count). The highest BCUT2D eigenvalue weighted by atomic mass is 32.2. The third-order valence-electron chi connectivity index (χ3n) is 4.80. The molecule has 4 aromatic carbocycles. The van der Waals surface area contributed by atoms with E-state index < -0.39 is 0 Å². The molecule has 0 aliphatic heterocycles. The summed E-state index contributed by atoms with van der Waals surface area (Å²) in [5, 5.41) is 0. The van der Waals surface area contributed by atoms with E-state index >= 15 is 0 Å². The van der Waals surface area contributed by atoms with Gasteiger partial charge in [0.2, 0.25) is 0 Å². The highest BCUT2D eigenvalue weighted by Gasteiger charge is 2.28. The van der Waals surface area contributed by atoms with Gasteiger partial charge in [0.1, 0.15) is 11.5 Å². The fourth-order valence-corrected chi connectivity index (χ4v) is 5.31. The maximum absolute atomic E-state index is 6.06. The molecule has 0 aliphatic rings. The summed E-state index contributed by atoms with van der Waals surface area (Å²) in [5.41, 5.74) is 1.32. The first-order valence-electron chi connectivity index (χ1n) is 9.93. The van der Waals surface area contributed by atoms with E-state index in [4.69, 9.17) is 4.74 Å². The van der Waals surface area contributed by atoms with Crippen molar-refractivity contribution in [2.45, 2.75) is 34.5 Å². The Kier molecular flexibility index (Phi) is 6.02. The summed E-state index contributed by atoms with van der Waals surface area (Å²) in [7, 11) is -0.133.